The second-order valence-corrected chi connectivity index (χ2v) is 11.7. The first kappa shape index (κ1) is 28.2. The Morgan fingerprint density at radius 1 is 1.32 bits per heavy atom. The molecule has 1 aliphatic rings. The lowest BCUT2D eigenvalue weighted by atomic mass is 9.96. The van der Waals surface area contributed by atoms with Crippen LogP contribution < -0.4 is 15.2 Å². The van der Waals surface area contributed by atoms with Gasteiger partial charge in [-0.15, -0.1) is 0 Å². The first-order valence-electron chi connectivity index (χ1n) is 14.0. The molecule has 0 saturated carbocycles. The highest BCUT2D eigenvalue weighted by molar-refractivity contribution is 7.71. The normalized spacial score (nSPS) is 25.6. The fraction of sp³-hybridized carbons (Fsp3) is 0.444. The molecule has 1 aliphatic heterocycles. The first-order chi connectivity index (χ1) is 20.2. The molecule has 4 rings (SSSR count). The zero-order valence-corrected chi connectivity index (χ0v) is 24.4. The molecule has 3 aromatic rings. The third-order valence-electron chi connectivity index (χ3n) is 6.47. The van der Waals surface area contributed by atoms with Gasteiger partial charge in [0.25, 0.3) is 5.56 Å². The summed E-state index contributed by atoms with van der Waals surface area (Å²) in [6.45, 7) is 1.49. The lowest BCUT2D eigenvalue weighted by molar-refractivity contribution is -0.145. The summed E-state index contributed by atoms with van der Waals surface area (Å²) < 4.78 is 54.8. The van der Waals surface area contributed by atoms with Crippen LogP contribution in [0.3, 0.4) is 0 Å². The number of aromatic nitrogens is 2. The minimum absolute atomic E-state index is 0.0635. The summed E-state index contributed by atoms with van der Waals surface area (Å²) in [5, 5.41) is 25.9. The number of carbonyl (C=O) groups excluding carboxylic acids is 1. The molecule has 0 spiro atoms. The van der Waals surface area contributed by atoms with E-state index in [9.17, 15) is 24.4 Å². The first-order valence-corrected chi connectivity index (χ1v) is 14.9. The van der Waals surface area contributed by atoms with Crippen molar-refractivity contribution in [1.29, 1.82) is 0 Å². The largest absolute Gasteiger partial charge is 0.465 e. The Bertz CT molecular complexity index is 1630. The second-order valence-electron chi connectivity index (χ2n) is 9.74. The number of ether oxygens (including phenoxy) is 2. The van der Waals surface area contributed by atoms with Crippen molar-refractivity contribution in [2.45, 2.75) is 63.7 Å². The molecular formula is C27H34N3O9PS. The SMILES string of the molecule is [2H]C([2H])(O[P@@](=O)(N[C@@H](C)C(=O)OCCCC)Oc1cccc2ccccc12)[C@H]1O[C@@H](n2ccc(=O)[nH]c2=S)C(C)(O)[C@H]1O. The third kappa shape index (κ3) is 7.12. The number of hydrogen-bond donors (Lipinski definition) is 4. The van der Waals surface area contributed by atoms with Crippen LogP contribution in [0.25, 0.3) is 10.8 Å². The highest BCUT2D eigenvalue weighted by atomic mass is 32.1. The number of fused-ring (bicyclic) bond motifs is 1. The molecule has 0 radical (unpaired) electrons. The van der Waals surface area contributed by atoms with Gasteiger partial charge in [-0.05, 0) is 43.9 Å². The van der Waals surface area contributed by atoms with Crippen LogP contribution in [0.15, 0.2) is 59.5 Å². The number of esters is 1. The fourth-order valence-corrected chi connectivity index (χ4v) is 5.82. The number of nitrogens with one attached hydrogen (secondary N) is 2. The van der Waals surface area contributed by atoms with Crippen molar-refractivity contribution in [2.24, 2.45) is 0 Å². The minimum Gasteiger partial charge on any atom is -0.465 e. The molecule has 0 aliphatic carbocycles. The molecule has 2 heterocycles. The summed E-state index contributed by atoms with van der Waals surface area (Å²) in [4.78, 5) is 26.6. The van der Waals surface area contributed by atoms with E-state index in [-0.39, 0.29) is 17.1 Å². The minimum atomic E-state index is -4.82. The maximum absolute atomic E-state index is 14.3. The molecule has 0 bridgehead atoms. The van der Waals surface area contributed by atoms with Crippen LogP contribution >= 0.6 is 20.0 Å². The summed E-state index contributed by atoms with van der Waals surface area (Å²) >= 11 is 5.15. The predicted octanol–water partition coefficient (Wildman–Crippen LogP) is 3.59. The number of benzene rings is 2. The van der Waals surface area contributed by atoms with E-state index in [2.05, 4.69) is 10.1 Å². The van der Waals surface area contributed by atoms with Crippen LogP contribution in [0.5, 0.6) is 5.75 Å². The molecule has 12 nitrogen and oxygen atoms in total. The Labute approximate surface area is 244 Å². The topological polar surface area (TPSA) is 161 Å². The molecule has 2 aromatic carbocycles. The number of unbranched alkanes of at least 4 members (excludes halogenated alkanes) is 1. The van der Waals surface area contributed by atoms with Crippen molar-refractivity contribution in [1.82, 2.24) is 14.6 Å². The van der Waals surface area contributed by atoms with Gasteiger partial charge in [0.1, 0.15) is 29.6 Å². The standard InChI is InChI=1S/C27H34N3O9PS/c1-4-5-15-36-24(33)17(2)29-40(35,39-20-12-8-10-18-9-6-7-11-19(18)20)37-16-21-23(32)27(3,34)25(38-21)30-14-13-22(31)28-26(30)41/h6-14,17,21,23,25,32,34H,4-5,15-16H2,1-3H3,(H,29,35)(H,28,31,41)/t17-,21+,23-,25+,27?,40-/m0/s1/i16D2. The summed E-state index contributed by atoms with van der Waals surface area (Å²) in [6, 6.07) is 11.8. The summed E-state index contributed by atoms with van der Waals surface area (Å²) in [6.07, 6.45) is -2.76. The number of nitrogens with zero attached hydrogens (tertiary/aromatic N) is 1. The van der Waals surface area contributed by atoms with Gasteiger partial charge in [-0.1, -0.05) is 49.7 Å². The quantitative estimate of drug-likeness (QED) is 0.103. The van der Waals surface area contributed by atoms with E-state index in [0.29, 0.717) is 11.8 Å². The Morgan fingerprint density at radius 2 is 2.05 bits per heavy atom. The number of aliphatic hydroxyl groups is 2. The van der Waals surface area contributed by atoms with Crippen LogP contribution in [-0.2, 0) is 23.4 Å². The molecule has 14 heteroatoms. The van der Waals surface area contributed by atoms with E-state index in [1.54, 1.807) is 36.4 Å². The molecule has 1 saturated heterocycles. The molecule has 1 fully saturated rings. The van der Waals surface area contributed by atoms with Crippen molar-refractivity contribution in [2.75, 3.05) is 13.2 Å². The second kappa shape index (κ2) is 13.0. The highest BCUT2D eigenvalue weighted by Crippen LogP contribution is 2.48. The van der Waals surface area contributed by atoms with Gasteiger partial charge < -0.3 is 24.2 Å². The number of aliphatic hydroxyl groups excluding tert-OH is 1. The van der Waals surface area contributed by atoms with Crippen molar-refractivity contribution in [3.8, 4) is 5.75 Å². The van der Waals surface area contributed by atoms with Gasteiger partial charge in [0.2, 0.25) is 0 Å². The number of carbonyl (C=O) groups is 1. The van der Waals surface area contributed by atoms with Gasteiger partial charge in [0.05, 0.1) is 15.9 Å². The summed E-state index contributed by atoms with van der Waals surface area (Å²) in [5.74, 6) is -0.708. The van der Waals surface area contributed by atoms with Crippen molar-refractivity contribution >= 4 is 36.7 Å². The van der Waals surface area contributed by atoms with Crippen molar-refractivity contribution in [3.05, 3.63) is 69.9 Å². The van der Waals surface area contributed by atoms with E-state index >= 15 is 0 Å². The van der Waals surface area contributed by atoms with Gasteiger partial charge in [-0.25, -0.2) is 4.57 Å². The van der Waals surface area contributed by atoms with Crippen LogP contribution in [0.1, 0.15) is 42.6 Å². The predicted molar refractivity (Wildman–Crippen MR) is 153 cm³/mol. The molecule has 6 atom stereocenters. The Balaban J connectivity index is 1.67. The van der Waals surface area contributed by atoms with Crippen LogP contribution in [-0.4, -0.2) is 62.8 Å². The average molecular weight is 610 g/mol. The Hall–Kier alpha value is -2.90. The maximum Gasteiger partial charge on any atom is 0.459 e. The Kier molecular flexibility index (Phi) is 8.92. The number of hydrogen-bond acceptors (Lipinski definition) is 10. The van der Waals surface area contributed by atoms with Gasteiger partial charge >= 0.3 is 13.7 Å². The zero-order valence-electron chi connectivity index (χ0n) is 24.7. The molecular weight excluding hydrogens is 573 g/mol. The summed E-state index contributed by atoms with van der Waals surface area (Å²) in [7, 11) is -4.82. The van der Waals surface area contributed by atoms with Crippen LogP contribution in [0.4, 0.5) is 0 Å². The van der Waals surface area contributed by atoms with Gasteiger partial charge in [0, 0.05) is 17.6 Å². The molecule has 1 unspecified atom stereocenters. The fourth-order valence-electron chi connectivity index (χ4n) is 4.18. The van der Waals surface area contributed by atoms with Crippen LogP contribution in [0.2, 0.25) is 0 Å². The van der Waals surface area contributed by atoms with Gasteiger partial charge in [-0.2, -0.15) is 5.09 Å². The van der Waals surface area contributed by atoms with Crippen molar-refractivity contribution < 1.29 is 40.8 Å². The van der Waals surface area contributed by atoms with Gasteiger partial charge in [0.15, 0.2) is 11.0 Å². The van der Waals surface area contributed by atoms with Crippen LogP contribution in [0, 0.1) is 4.77 Å². The molecule has 222 valence electrons. The van der Waals surface area contributed by atoms with Gasteiger partial charge in [-0.3, -0.25) is 23.7 Å². The lowest BCUT2D eigenvalue weighted by Gasteiger charge is -2.28. The maximum atomic E-state index is 14.3. The summed E-state index contributed by atoms with van der Waals surface area (Å²) in [5.41, 5.74) is -2.67. The smallest absolute Gasteiger partial charge is 0.459 e. The number of rotatable bonds is 12. The van der Waals surface area contributed by atoms with Crippen molar-refractivity contribution in [3.63, 3.8) is 0 Å². The van der Waals surface area contributed by atoms with E-state index < -0.39 is 55.9 Å². The third-order valence-corrected chi connectivity index (χ3v) is 8.27. The monoisotopic (exact) mass is 609 g/mol. The molecule has 0 amide bonds. The van der Waals surface area contributed by atoms with E-state index in [1.807, 2.05) is 6.92 Å². The zero-order chi connectivity index (χ0) is 31.6. The Morgan fingerprint density at radius 3 is 2.78 bits per heavy atom. The lowest BCUT2D eigenvalue weighted by Crippen LogP contribution is -2.45. The van der Waals surface area contributed by atoms with E-state index in [4.69, 9.17) is 33.5 Å². The van der Waals surface area contributed by atoms with E-state index in [0.717, 1.165) is 22.4 Å². The highest BCUT2D eigenvalue weighted by Gasteiger charge is 2.54. The molecule has 41 heavy (non-hydrogen) atoms. The average Bonchev–Trinajstić information content (AvgIpc) is 3.17. The molecule has 4 N–H and O–H groups in total. The number of aromatic amines is 1. The number of H-pyrrole nitrogens is 1. The van der Waals surface area contributed by atoms with E-state index in [1.165, 1.54) is 26.1 Å². The molecule has 1 aromatic heterocycles.